The molecule has 0 radical (unpaired) electrons. The van der Waals surface area contributed by atoms with Crippen molar-refractivity contribution in [2.24, 2.45) is 0 Å². The van der Waals surface area contributed by atoms with E-state index in [0.29, 0.717) is 5.02 Å². The molecular weight excluding hydrogens is 458 g/mol. The molecule has 1 atom stereocenters. The zero-order valence-electron chi connectivity index (χ0n) is 16.7. The molecule has 0 aromatic heterocycles. The lowest BCUT2D eigenvalue weighted by Crippen LogP contribution is -2.40. The number of nitrogens with zero attached hydrogens (tertiary/aromatic N) is 2. The third-order valence-corrected chi connectivity index (χ3v) is 8.61. The van der Waals surface area contributed by atoms with Gasteiger partial charge in [-0.05, 0) is 56.2 Å². The molecule has 6 nitrogen and oxygen atoms in total. The van der Waals surface area contributed by atoms with Crippen LogP contribution in [-0.2, 0) is 20.0 Å². The van der Waals surface area contributed by atoms with E-state index in [9.17, 15) is 25.6 Å². The molecule has 1 unspecified atom stereocenters. The Morgan fingerprint density at radius 3 is 2.17 bits per heavy atom. The van der Waals surface area contributed by atoms with Crippen LogP contribution in [0.25, 0.3) is 0 Å². The highest BCUT2D eigenvalue weighted by molar-refractivity contribution is 7.92. The van der Waals surface area contributed by atoms with Crippen LogP contribution in [0.15, 0.2) is 47.4 Å². The number of benzene rings is 2. The largest absolute Gasteiger partial charge is 0.264 e. The van der Waals surface area contributed by atoms with Gasteiger partial charge in [-0.15, -0.1) is 0 Å². The minimum absolute atomic E-state index is 0.107. The first-order chi connectivity index (χ1) is 13.9. The summed E-state index contributed by atoms with van der Waals surface area (Å²) in [6, 6.07) is 6.98. The Hall–Kier alpha value is -1.75. The Morgan fingerprint density at radius 1 is 1.00 bits per heavy atom. The normalized spacial score (nSPS) is 13.4. The Bertz CT molecular complexity index is 1090. The highest BCUT2D eigenvalue weighted by Gasteiger charge is 2.32. The fourth-order valence-electron chi connectivity index (χ4n) is 2.84. The van der Waals surface area contributed by atoms with Gasteiger partial charge in [0, 0.05) is 31.2 Å². The monoisotopic (exact) mass is 480 g/mol. The van der Waals surface area contributed by atoms with Gasteiger partial charge < -0.3 is 0 Å². The minimum Gasteiger partial charge on any atom is -0.260 e. The number of hydrogen-bond acceptors (Lipinski definition) is 4. The van der Waals surface area contributed by atoms with Gasteiger partial charge >= 0.3 is 0 Å². The Balaban J connectivity index is 2.44. The zero-order chi connectivity index (χ0) is 22.7. The maximum absolute atomic E-state index is 14.5. The zero-order valence-corrected chi connectivity index (χ0v) is 19.1. The molecule has 0 aliphatic heterocycles. The topological polar surface area (TPSA) is 74.8 Å². The van der Waals surface area contributed by atoms with Gasteiger partial charge in [0.15, 0.2) is 0 Å². The maximum atomic E-state index is 14.5. The van der Waals surface area contributed by atoms with Gasteiger partial charge in [0.25, 0.3) is 10.0 Å². The predicted molar refractivity (Wildman–Crippen MR) is 114 cm³/mol. The highest BCUT2D eigenvalue weighted by atomic mass is 35.5. The number of sulfonamides is 2. The van der Waals surface area contributed by atoms with Gasteiger partial charge in [0.2, 0.25) is 10.0 Å². The summed E-state index contributed by atoms with van der Waals surface area (Å²) in [6.07, 6.45) is 0.237. The molecule has 0 aliphatic carbocycles. The average molecular weight is 481 g/mol. The number of halogens is 3. The van der Waals surface area contributed by atoms with E-state index < -0.39 is 43.4 Å². The van der Waals surface area contributed by atoms with E-state index in [0.717, 1.165) is 26.8 Å². The molecule has 0 N–H and O–H groups in total. The first-order valence-corrected chi connectivity index (χ1v) is 12.4. The molecule has 0 fully saturated rings. The number of anilines is 1. The second-order valence-electron chi connectivity index (χ2n) is 6.94. The van der Waals surface area contributed by atoms with Crippen molar-refractivity contribution in [3.05, 3.63) is 59.1 Å². The van der Waals surface area contributed by atoms with Crippen molar-refractivity contribution in [2.45, 2.75) is 30.7 Å². The van der Waals surface area contributed by atoms with Crippen molar-refractivity contribution in [2.75, 3.05) is 24.2 Å². The van der Waals surface area contributed by atoms with Gasteiger partial charge in [0.05, 0.1) is 16.3 Å². The number of rotatable bonds is 9. The highest BCUT2D eigenvalue weighted by Crippen LogP contribution is 2.31. The fourth-order valence-corrected chi connectivity index (χ4v) is 5.55. The predicted octanol–water partition coefficient (Wildman–Crippen LogP) is 3.87. The van der Waals surface area contributed by atoms with Gasteiger partial charge in [-0.25, -0.2) is 29.9 Å². The molecule has 2 aromatic carbocycles. The smallest absolute Gasteiger partial charge is 0.260 e. The van der Waals surface area contributed by atoms with Crippen molar-refractivity contribution in [1.82, 2.24) is 4.31 Å². The minimum atomic E-state index is -4.28. The summed E-state index contributed by atoms with van der Waals surface area (Å²) in [5, 5.41) is 0.319. The van der Waals surface area contributed by atoms with E-state index >= 15 is 0 Å². The van der Waals surface area contributed by atoms with Crippen LogP contribution in [-0.4, -0.2) is 47.0 Å². The summed E-state index contributed by atoms with van der Waals surface area (Å²) in [4.78, 5) is -0.150. The first kappa shape index (κ1) is 24.5. The summed E-state index contributed by atoms with van der Waals surface area (Å²) in [5.41, 5.74) is -0.451. The summed E-state index contributed by atoms with van der Waals surface area (Å²) in [6.45, 7) is 1.51. The van der Waals surface area contributed by atoms with Crippen LogP contribution in [0, 0.1) is 11.6 Å². The van der Waals surface area contributed by atoms with Crippen molar-refractivity contribution in [3.63, 3.8) is 0 Å². The lowest BCUT2D eigenvalue weighted by molar-refractivity contribution is 0.513. The molecule has 0 saturated heterocycles. The molecule has 0 aliphatic rings. The third kappa shape index (κ3) is 5.69. The molecular formula is C19H23ClF2N2O4S2. The molecule has 0 bridgehead atoms. The van der Waals surface area contributed by atoms with E-state index in [4.69, 9.17) is 11.6 Å². The average Bonchev–Trinajstić information content (AvgIpc) is 2.64. The van der Waals surface area contributed by atoms with Crippen LogP contribution in [0.4, 0.5) is 14.5 Å². The fraction of sp³-hybridized carbons (Fsp3) is 0.368. The van der Waals surface area contributed by atoms with Gasteiger partial charge in [0.1, 0.15) is 11.6 Å². The van der Waals surface area contributed by atoms with Crippen LogP contribution in [0.3, 0.4) is 0 Å². The number of hydrogen-bond donors (Lipinski definition) is 0. The van der Waals surface area contributed by atoms with Gasteiger partial charge in [-0.2, -0.15) is 0 Å². The Morgan fingerprint density at radius 2 is 1.60 bits per heavy atom. The van der Waals surface area contributed by atoms with Crippen LogP contribution in [0.2, 0.25) is 5.02 Å². The van der Waals surface area contributed by atoms with Crippen molar-refractivity contribution >= 4 is 37.3 Å². The summed E-state index contributed by atoms with van der Waals surface area (Å²) in [7, 11) is -4.96. The maximum Gasteiger partial charge on any atom is 0.264 e. The molecule has 30 heavy (non-hydrogen) atoms. The molecule has 0 amide bonds. The second kappa shape index (κ2) is 9.59. The van der Waals surface area contributed by atoms with E-state index in [1.54, 1.807) is 0 Å². The lowest BCUT2D eigenvalue weighted by atomic mass is 10.2. The molecule has 0 spiro atoms. The van der Waals surface area contributed by atoms with E-state index in [-0.39, 0.29) is 23.5 Å². The molecule has 0 saturated carbocycles. The third-order valence-electron chi connectivity index (χ3n) is 4.50. The first-order valence-electron chi connectivity index (χ1n) is 9.01. The molecule has 2 rings (SSSR count). The van der Waals surface area contributed by atoms with Crippen LogP contribution < -0.4 is 4.31 Å². The molecule has 166 valence electrons. The molecule has 2 aromatic rings. The van der Waals surface area contributed by atoms with Crippen LogP contribution in [0.1, 0.15) is 19.8 Å². The van der Waals surface area contributed by atoms with Crippen molar-refractivity contribution in [3.8, 4) is 0 Å². The second-order valence-corrected chi connectivity index (χ2v) is 11.5. The summed E-state index contributed by atoms with van der Waals surface area (Å²) >= 11 is 5.82. The van der Waals surface area contributed by atoms with E-state index in [2.05, 4.69) is 0 Å². The quantitative estimate of drug-likeness (QED) is 0.546. The van der Waals surface area contributed by atoms with Crippen molar-refractivity contribution in [1.29, 1.82) is 0 Å². The summed E-state index contributed by atoms with van der Waals surface area (Å²) in [5.74, 6) is -1.92. The van der Waals surface area contributed by atoms with Crippen LogP contribution in [0.5, 0.6) is 0 Å². The van der Waals surface area contributed by atoms with Gasteiger partial charge in [-0.3, -0.25) is 4.31 Å². The van der Waals surface area contributed by atoms with E-state index in [1.807, 2.05) is 0 Å². The Kier molecular flexibility index (Phi) is 7.84. The molecule has 11 heteroatoms. The standard InChI is InChI=1S/C19H23ClF2N2O4S2/c1-14(5-4-12-29(25,26)23(2)3)24(19-13-16(21)8-11-18(19)22)30(27,28)17-9-6-15(20)7-10-17/h6-11,13-14H,4-5,12H2,1-3H3. The van der Waals surface area contributed by atoms with Crippen molar-refractivity contribution < 1.29 is 25.6 Å². The molecule has 0 heterocycles. The van der Waals surface area contributed by atoms with E-state index in [1.165, 1.54) is 45.3 Å². The van der Waals surface area contributed by atoms with Gasteiger partial charge in [-0.1, -0.05) is 11.6 Å². The van der Waals surface area contributed by atoms with Crippen LogP contribution >= 0.6 is 11.6 Å². The SMILES string of the molecule is CC(CCCS(=O)(=O)N(C)C)N(c1cc(F)ccc1F)S(=O)(=O)c1ccc(Cl)cc1. The Labute approximate surface area is 181 Å². The lowest BCUT2D eigenvalue weighted by Gasteiger charge is -2.31. The summed E-state index contributed by atoms with van der Waals surface area (Å²) < 4.78 is 80.7.